The number of hydrogen-bond acceptors (Lipinski definition) is 2. The Morgan fingerprint density at radius 2 is 2.71 bits per heavy atom. The molecule has 4 nitrogen and oxygen atoms in total. The maximum atomic E-state index is 10.1. The number of nitrogens with one attached hydrogen (secondary N) is 2. The molecule has 0 unspecified atom stereocenters. The van der Waals surface area contributed by atoms with Crippen LogP contribution >= 0.6 is 0 Å². The molecule has 1 rings (SSSR count). The van der Waals surface area contributed by atoms with E-state index in [0.717, 1.165) is 0 Å². The van der Waals surface area contributed by atoms with Crippen LogP contribution in [0.5, 0.6) is 0 Å². The van der Waals surface area contributed by atoms with E-state index in [4.69, 9.17) is 0 Å². The van der Waals surface area contributed by atoms with Gasteiger partial charge < -0.3 is 5.32 Å². The Hall–Kier alpha value is -1.28. The maximum Gasteiger partial charge on any atom is 0.340 e. The molecule has 0 aliphatic carbocycles. The number of urea groups is 1. The molecule has 0 spiro atoms. The topological polar surface area (TPSA) is 53.5 Å². The standard InChI is InChI=1S/C3H3N3O/c7-3-4-1-2-5-6-3/h1H,(H2,4,6,7). The van der Waals surface area contributed by atoms with Crippen LogP contribution in [-0.2, 0) is 0 Å². The van der Waals surface area contributed by atoms with Crippen molar-refractivity contribution in [3.8, 4) is 0 Å². The van der Waals surface area contributed by atoms with Gasteiger partial charge in [-0.15, -0.1) is 5.10 Å². The zero-order valence-corrected chi connectivity index (χ0v) is 3.43. The lowest BCUT2D eigenvalue weighted by Crippen LogP contribution is -2.30. The smallest absolute Gasteiger partial charge is 0.304 e. The van der Waals surface area contributed by atoms with Gasteiger partial charge in [0.1, 0.15) is 0 Å². The second-order valence-corrected chi connectivity index (χ2v) is 0.971. The summed E-state index contributed by atoms with van der Waals surface area (Å²) in [6.45, 7) is 0. The van der Waals surface area contributed by atoms with E-state index in [9.17, 15) is 4.79 Å². The number of amides is 2. The highest BCUT2D eigenvalue weighted by Crippen LogP contribution is 1.66. The number of nitrogens with zero attached hydrogens (tertiary/aromatic N) is 1. The van der Waals surface area contributed by atoms with Crippen molar-refractivity contribution in [1.29, 1.82) is 0 Å². The second kappa shape index (κ2) is 1.45. The number of carbonyl (C=O) groups excluding carboxylic acids is 1. The fourth-order valence-electron chi connectivity index (χ4n) is 0.245. The maximum absolute atomic E-state index is 10.1. The first-order valence-electron chi connectivity index (χ1n) is 1.73. The molecule has 1 aliphatic heterocycles. The van der Waals surface area contributed by atoms with Crippen LogP contribution < -0.4 is 10.7 Å². The predicted molar refractivity (Wildman–Crippen MR) is 23.7 cm³/mol. The Morgan fingerprint density at radius 1 is 1.86 bits per heavy atom. The SMILES string of the molecule is O=C1NC=C=NN1. The third-order valence-electron chi connectivity index (χ3n) is 0.490. The number of carbonyl (C=O) groups is 1. The zero-order valence-electron chi connectivity index (χ0n) is 3.43. The first-order chi connectivity index (χ1) is 3.39. The Bertz CT molecular complexity index is 132. The van der Waals surface area contributed by atoms with Gasteiger partial charge in [0.05, 0.1) is 6.20 Å². The van der Waals surface area contributed by atoms with Gasteiger partial charge in [0.25, 0.3) is 0 Å². The average Bonchev–Trinajstić information content (AvgIpc) is 1.69. The van der Waals surface area contributed by atoms with Crippen LogP contribution in [0.3, 0.4) is 0 Å². The number of hydrazone groups is 1. The predicted octanol–water partition coefficient (Wildman–Crippen LogP) is -0.602. The summed E-state index contributed by atoms with van der Waals surface area (Å²) in [5, 5.41) is 5.59. The molecule has 1 aliphatic rings. The molecular weight excluding hydrogens is 94.1 g/mol. The second-order valence-electron chi connectivity index (χ2n) is 0.971. The van der Waals surface area contributed by atoms with E-state index in [2.05, 4.69) is 21.7 Å². The molecule has 7 heavy (non-hydrogen) atoms. The van der Waals surface area contributed by atoms with Gasteiger partial charge in [-0.25, -0.2) is 10.2 Å². The third kappa shape index (κ3) is 0.773. The van der Waals surface area contributed by atoms with E-state index < -0.39 is 0 Å². The van der Waals surface area contributed by atoms with Crippen LogP contribution in [0, 0.1) is 0 Å². The molecule has 0 atom stereocenters. The zero-order chi connectivity index (χ0) is 5.11. The van der Waals surface area contributed by atoms with Crippen molar-refractivity contribution in [2.24, 2.45) is 5.10 Å². The summed E-state index contributed by atoms with van der Waals surface area (Å²) in [6.07, 6.45) is 1.33. The molecule has 0 aromatic heterocycles. The summed E-state index contributed by atoms with van der Waals surface area (Å²) in [5.41, 5.74) is 2.11. The van der Waals surface area contributed by atoms with E-state index in [1.807, 2.05) is 0 Å². The van der Waals surface area contributed by atoms with Gasteiger partial charge in [0.2, 0.25) is 0 Å². The van der Waals surface area contributed by atoms with Gasteiger partial charge in [0, 0.05) is 5.87 Å². The quantitative estimate of drug-likeness (QED) is 0.416. The molecule has 0 saturated carbocycles. The summed E-state index contributed by atoms with van der Waals surface area (Å²) >= 11 is 0. The van der Waals surface area contributed by atoms with Crippen LogP contribution in [0.15, 0.2) is 11.3 Å². The molecule has 4 heteroatoms. The van der Waals surface area contributed by atoms with Crippen LogP contribution in [0.4, 0.5) is 4.79 Å². The van der Waals surface area contributed by atoms with Crippen molar-refractivity contribution in [2.75, 3.05) is 0 Å². The van der Waals surface area contributed by atoms with Crippen LogP contribution in [0.2, 0.25) is 0 Å². The van der Waals surface area contributed by atoms with Gasteiger partial charge in [-0.05, 0) is 0 Å². The Kier molecular flexibility index (Phi) is 0.805. The van der Waals surface area contributed by atoms with Crippen molar-refractivity contribution in [3.05, 3.63) is 6.20 Å². The largest absolute Gasteiger partial charge is 0.340 e. The monoisotopic (exact) mass is 97.0 g/mol. The van der Waals surface area contributed by atoms with Gasteiger partial charge in [-0.3, -0.25) is 0 Å². The molecule has 2 amide bonds. The normalized spacial score (nSPS) is 15.7. The van der Waals surface area contributed by atoms with Gasteiger partial charge in [-0.1, -0.05) is 0 Å². The molecule has 36 valence electrons. The minimum absolute atomic E-state index is 0.321. The molecule has 0 radical (unpaired) electrons. The first-order valence-corrected chi connectivity index (χ1v) is 1.73. The van der Waals surface area contributed by atoms with Crippen molar-refractivity contribution in [3.63, 3.8) is 0 Å². The lowest BCUT2D eigenvalue weighted by molar-refractivity contribution is 0.244. The summed E-state index contributed by atoms with van der Waals surface area (Å²) in [5.74, 6) is 2.37. The van der Waals surface area contributed by atoms with Crippen LogP contribution in [0.1, 0.15) is 0 Å². The van der Waals surface area contributed by atoms with E-state index in [1.165, 1.54) is 6.20 Å². The van der Waals surface area contributed by atoms with Gasteiger partial charge in [0.15, 0.2) is 0 Å². The lowest BCUT2D eigenvalue weighted by atomic mass is 10.8. The fraction of sp³-hybridized carbons (Fsp3) is 0. The minimum atomic E-state index is -0.321. The molecule has 0 bridgehead atoms. The molecule has 1 heterocycles. The van der Waals surface area contributed by atoms with Crippen molar-refractivity contribution in [1.82, 2.24) is 10.7 Å². The average molecular weight is 97.1 g/mol. The molecule has 2 N–H and O–H groups in total. The Morgan fingerprint density at radius 3 is 3.00 bits per heavy atom. The summed E-state index contributed by atoms with van der Waals surface area (Å²) < 4.78 is 0. The summed E-state index contributed by atoms with van der Waals surface area (Å²) in [4.78, 5) is 10.1. The third-order valence-corrected chi connectivity index (χ3v) is 0.490. The minimum Gasteiger partial charge on any atom is -0.304 e. The van der Waals surface area contributed by atoms with E-state index in [0.29, 0.717) is 0 Å². The van der Waals surface area contributed by atoms with Gasteiger partial charge in [-0.2, -0.15) is 0 Å². The van der Waals surface area contributed by atoms with Crippen molar-refractivity contribution >= 4 is 11.9 Å². The van der Waals surface area contributed by atoms with Crippen LogP contribution in [-0.4, -0.2) is 11.9 Å². The van der Waals surface area contributed by atoms with E-state index in [1.54, 1.807) is 0 Å². The Balaban J connectivity index is 2.66. The van der Waals surface area contributed by atoms with Gasteiger partial charge >= 0.3 is 6.03 Å². The highest BCUT2D eigenvalue weighted by molar-refractivity contribution is 5.79. The van der Waals surface area contributed by atoms with Crippen LogP contribution in [0.25, 0.3) is 0 Å². The highest BCUT2D eigenvalue weighted by Gasteiger charge is 1.93. The summed E-state index contributed by atoms with van der Waals surface area (Å²) in [6, 6.07) is -0.321. The highest BCUT2D eigenvalue weighted by atomic mass is 16.2. The van der Waals surface area contributed by atoms with E-state index >= 15 is 0 Å². The molecular formula is C3H3N3O. The first kappa shape index (κ1) is 3.89. The molecule has 0 fully saturated rings. The number of hydrogen-bond donors (Lipinski definition) is 2. The fourth-order valence-corrected chi connectivity index (χ4v) is 0.245. The molecule has 0 aromatic rings. The molecule has 0 aromatic carbocycles. The van der Waals surface area contributed by atoms with Crippen molar-refractivity contribution < 1.29 is 4.79 Å². The van der Waals surface area contributed by atoms with Crippen molar-refractivity contribution in [2.45, 2.75) is 0 Å². The summed E-state index contributed by atoms with van der Waals surface area (Å²) in [7, 11) is 0. The number of rotatable bonds is 0. The Labute approximate surface area is 39.9 Å². The van der Waals surface area contributed by atoms with E-state index in [-0.39, 0.29) is 6.03 Å². The molecule has 0 saturated heterocycles. The lowest BCUT2D eigenvalue weighted by Gasteiger charge is -1.96.